The SMILES string of the molecule is Cc1cc(-c2ncc[nH]2)ccc1N=O. The van der Waals surface area contributed by atoms with Gasteiger partial charge in [-0.05, 0) is 35.9 Å². The summed E-state index contributed by atoms with van der Waals surface area (Å²) in [5, 5.41) is 2.91. The zero-order valence-corrected chi connectivity index (χ0v) is 7.69. The van der Waals surface area contributed by atoms with Crippen LogP contribution in [0.15, 0.2) is 35.8 Å². The van der Waals surface area contributed by atoms with Gasteiger partial charge in [-0.15, -0.1) is 4.91 Å². The molecule has 4 nitrogen and oxygen atoms in total. The van der Waals surface area contributed by atoms with E-state index in [4.69, 9.17) is 0 Å². The Morgan fingerprint density at radius 3 is 2.86 bits per heavy atom. The fourth-order valence-corrected chi connectivity index (χ4v) is 1.33. The standard InChI is InChI=1S/C10H9N3O/c1-7-6-8(2-3-9(7)13-14)10-11-4-5-12-10/h2-6H,1H3,(H,11,12). The molecule has 0 fully saturated rings. The quantitative estimate of drug-likeness (QED) is 0.735. The summed E-state index contributed by atoms with van der Waals surface area (Å²) in [5.74, 6) is 0.797. The van der Waals surface area contributed by atoms with Crippen molar-refractivity contribution in [1.82, 2.24) is 9.97 Å². The van der Waals surface area contributed by atoms with Gasteiger partial charge < -0.3 is 4.98 Å². The van der Waals surface area contributed by atoms with E-state index in [-0.39, 0.29) is 0 Å². The molecule has 0 bridgehead atoms. The predicted octanol–water partition coefficient (Wildman–Crippen LogP) is 2.78. The van der Waals surface area contributed by atoms with Crippen LogP contribution >= 0.6 is 0 Å². The molecule has 0 aliphatic rings. The monoisotopic (exact) mass is 187 g/mol. The fraction of sp³-hybridized carbons (Fsp3) is 0.100. The number of rotatable bonds is 2. The first-order valence-corrected chi connectivity index (χ1v) is 4.25. The van der Waals surface area contributed by atoms with E-state index in [1.165, 1.54) is 0 Å². The first kappa shape index (κ1) is 8.62. The van der Waals surface area contributed by atoms with Gasteiger partial charge >= 0.3 is 0 Å². The van der Waals surface area contributed by atoms with Crippen molar-refractivity contribution in [3.8, 4) is 11.4 Å². The molecule has 0 saturated carbocycles. The summed E-state index contributed by atoms with van der Waals surface area (Å²) in [6.45, 7) is 1.85. The van der Waals surface area contributed by atoms with Crippen LogP contribution in [0.2, 0.25) is 0 Å². The minimum Gasteiger partial charge on any atom is -0.345 e. The normalized spacial score (nSPS) is 10.1. The molecule has 0 radical (unpaired) electrons. The zero-order valence-electron chi connectivity index (χ0n) is 7.69. The first-order valence-electron chi connectivity index (χ1n) is 4.25. The summed E-state index contributed by atoms with van der Waals surface area (Å²) >= 11 is 0. The van der Waals surface area contributed by atoms with Crippen molar-refractivity contribution in [1.29, 1.82) is 0 Å². The Labute approximate surface area is 81.0 Å². The summed E-state index contributed by atoms with van der Waals surface area (Å²) in [4.78, 5) is 17.5. The minimum atomic E-state index is 0.473. The van der Waals surface area contributed by atoms with Crippen LogP contribution in [0.1, 0.15) is 5.56 Å². The number of nitrogens with zero attached hydrogens (tertiary/aromatic N) is 2. The van der Waals surface area contributed by atoms with Crippen molar-refractivity contribution in [3.05, 3.63) is 41.1 Å². The van der Waals surface area contributed by atoms with Gasteiger partial charge in [-0.2, -0.15) is 0 Å². The molecule has 0 aliphatic carbocycles. The van der Waals surface area contributed by atoms with Crippen LogP contribution in [-0.2, 0) is 0 Å². The topological polar surface area (TPSA) is 58.1 Å². The van der Waals surface area contributed by atoms with Crippen molar-refractivity contribution >= 4 is 5.69 Å². The summed E-state index contributed by atoms with van der Waals surface area (Å²) in [6.07, 6.45) is 3.45. The molecule has 0 unspecified atom stereocenters. The van der Waals surface area contributed by atoms with E-state index in [0.717, 1.165) is 17.0 Å². The summed E-state index contributed by atoms with van der Waals surface area (Å²) in [6, 6.07) is 5.40. The highest BCUT2D eigenvalue weighted by atomic mass is 16.3. The van der Waals surface area contributed by atoms with Gasteiger partial charge in [-0.25, -0.2) is 4.98 Å². The molecule has 1 N–H and O–H groups in total. The number of H-pyrrole nitrogens is 1. The predicted molar refractivity (Wildman–Crippen MR) is 54.2 cm³/mol. The molecule has 1 heterocycles. The molecule has 14 heavy (non-hydrogen) atoms. The van der Waals surface area contributed by atoms with Crippen LogP contribution in [0.5, 0.6) is 0 Å². The molecule has 2 aromatic rings. The van der Waals surface area contributed by atoms with Gasteiger partial charge in [0.2, 0.25) is 0 Å². The molecule has 0 atom stereocenters. The maximum atomic E-state index is 10.4. The minimum absolute atomic E-state index is 0.473. The fourth-order valence-electron chi connectivity index (χ4n) is 1.33. The van der Waals surface area contributed by atoms with E-state index in [1.54, 1.807) is 18.5 Å². The average Bonchev–Trinajstić information content (AvgIpc) is 2.70. The van der Waals surface area contributed by atoms with Crippen molar-refractivity contribution in [2.24, 2.45) is 5.18 Å². The maximum Gasteiger partial charge on any atom is 0.137 e. The van der Waals surface area contributed by atoms with Gasteiger partial charge in [0, 0.05) is 18.0 Å². The van der Waals surface area contributed by atoms with Gasteiger partial charge in [-0.1, -0.05) is 0 Å². The molecule has 0 saturated heterocycles. The van der Waals surface area contributed by atoms with Gasteiger partial charge in [0.05, 0.1) is 0 Å². The lowest BCUT2D eigenvalue weighted by molar-refractivity contribution is 1.29. The molecule has 0 aliphatic heterocycles. The number of benzene rings is 1. The lowest BCUT2D eigenvalue weighted by Gasteiger charge is -2.00. The molecular weight excluding hydrogens is 178 g/mol. The number of aromatic amines is 1. The van der Waals surface area contributed by atoms with Crippen LogP contribution in [0.25, 0.3) is 11.4 Å². The molecule has 70 valence electrons. The van der Waals surface area contributed by atoms with E-state index in [9.17, 15) is 4.91 Å². The number of hydrogen-bond donors (Lipinski definition) is 1. The highest BCUT2D eigenvalue weighted by molar-refractivity contribution is 5.61. The molecule has 4 heteroatoms. The number of aromatic nitrogens is 2. The smallest absolute Gasteiger partial charge is 0.137 e. The van der Waals surface area contributed by atoms with E-state index in [0.29, 0.717) is 5.69 Å². The van der Waals surface area contributed by atoms with Crippen LogP contribution in [0.3, 0.4) is 0 Å². The third kappa shape index (κ3) is 1.42. The molecular formula is C10H9N3O. The molecule has 1 aromatic heterocycles. The summed E-state index contributed by atoms with van der Waals surface area (Å²) in [5.41, 5.74) is 2.29. The van der Waals surface area contributed by atoms with Gasteiger partial charge in [0.15, 0.2) is 0 Å². The second-order valence-electron chi connectivity index (χ2n) is 3.03. The third-order valence-corrected chi connectivity index (χ3v) is 2.07. The second kappa shape index (κ2) is 3.41. The first-order chi connectivity index (χ1) is 6.81. The lowest BCUT2D eigenvalue weighted by Crippen LogP contribution is -1.82. The lowest BCUT2D eigenvalue weighted by atomic mass is 10.1. The van der Waals surface area contributed by atoms with Crippen molar-refractivity contribution in [2.45, 2.75) is 6.92 Å². The number of nitrogens with one attached hydrogen (secondary N) is 1. The zero-order chi connectivity index (χ0) is 9.97. The van der Waals surface area contributed by atoms with Crippen molar-refractivity contribution in [2.75, 3.05) is 0 Å². The largest absolute Gasteiger partial charge is 0.345 e. The van der Waals surface area contributed by atoms with E-state index >= 15 is 0 Å². The Bertz CT molecular complexity index is 448. The Kier molecular flexibility index (Phi) is 2.10. The van der Waals surface area contributed by atoms with E-state index < -0.39 is 0 Å². The molecule has 1 aromatic carbocycles. The van der Waals surface area contributed by atoms with Gasteiger partial charge in [0.1, 0.15) is 11.5 Å². The molecule has 0 spiro atoms. The Morgan fingerprint density at radius 1 is 1.43 bits per heavy atom. The Balaban J connectivity index is 2.48. The van der Waals surface area contributed by atoms with Crippen LogP contribution in [0, 0.1) is 11.8 Å². The maximum absolute atomic E-state index is 10.4. The highest BCUT2D eigenvalue weighted by Crippen LogP contribution is 2.23. The van der Waals surface area contributed by atoms with E-state index in [1.807, 2.05) is 19.1 Å². The Hall–Kier alpha value is -1.97. The molecule has 2 rings (SSSR count). The number of aryl methyl sites for hydroxylation is 1. The molecule has 0 amide bonds. The highest BCUT2D eigenvalue weighted by Gasteiger charge is 2.03. The van der Waals surface area contributed by atoms with Crippen molar-refractivity contribution in [3.63, 3.8) is 0 Å². The van der Waals surface area contributed by atoms with E-state index in [2.05, 4.69) is 15.1 Å². The third-order valence-electron chi connectivity index (χ3n) is 2.07. The van der Waals surface area contributed by atoms with Crippen molar-refractivity contribution < 1.29 is 0 Å². The van der Waals surface area contributed by atoms with Crippen LogP contribution in [0.4, 0.5) is 5.69 Å². The Morgan fingerprint density at radius 2 is 2.29 bits per heavy atom. The van der Waals surface area contributed by atoms with Crippen LogP contribution in [-0.4, -0.2) is 9.97 Å². The summed E-state index contributed by atoms with van der Waals surface area (Å²) < 4.78 is 0. The number of nitroso groups, excluding NO2 is 1. The number of hydrogen-bond acceptors (Lipinski definition) is 3. The van der Waals surface area contributed by atoms with Gasteiger partial charge in [-0.3, -0.25) is 0 Å². The second-order valence-corrected chi connectivity index (χ2v) is 3.03. The number of imidazole rings is 1. The summed E-state index contributed by atoms with van der Waals surface area (Å²) in [7, 11) is 0. The van der Waals surface area contributed by atoms with Crippen LogP contribution < -0.4 is 0 Å². The van der Waals surface area contributed by atoms with Gasteiger partial charge in [0.25, 0.3) is 0 Å². The average molecular weight is 187 g/mol.